The van der Waals surface area contributed by atoms with Gasteiger partial charge in [0.1, 0.15) is 0 Å². The third-order valence-electron chi connectivity index (χ3n) is 2.42. The summed E-state index contributed by atoms with van der Waals surface area (Å²) in [6.45, 7) is 5.23. The number of unbranched alkanes of at least 4 members (excludes halogenated alkanes) is 3. The highest BCUT2D eigenvalue weighted by molar-refractivity contribution is 4.99. The summed E-state index contributed by atoms with van der Waals surface area (Å²) in [6, 6.07) is 0. The van der Waals surface area contributed by atoms with E-state index in [0.29, 0.717) is 5.92 Å². The molecule has 1 aliphatic heterocycles. The van der Waals surface area contributed by atoms with Crippen molar-refractivity contribution in [1.29, 1.82) is 0 Å². The Kier molecular flexibility index (Phi) is 4.20. The van der Waals surface area contributed by atoms with Crippen molar-refractivity contribution in [2.24, 2.45) is 5.92 Å². The number of ether oxygens (including phenoxy) is 1. The molecule has 1 aliphatic rings. The molecule has 1 nitrogen and oxygen atoms in total. The molecule has 0 aromatic rings. The lowest BCUT2D eigenvalue weighted by molar-refractivity contribution is 0.215. The van der Waals surface area contributed by atoms with E-state index in [1.165, 1.54) is 32.1 Å². The number of rotatable bonds is 5. The summed E-state index contributed by atoms with van der Waals surface area (Å²) in [6.07, 6.45) is 9.06. The number of hydrogen-bond acceptors (Lipinski definition) is 1. The molecule has 0 N–H and O–H groups in total. The zero-order valence-corrected chi connectivity index (χ0v) is 8.31. The van der Waals surface area contributed by atoms with Crippen LogP contribution < -0.4 is 0 Å². The van der Waals surface area contributed by atoms with Crippen molar-refractivity contribution in [3.05, 3.63) is 11.8 Å². The first-order valence-electron chi connectivity index (χ1n) is 5.14. The second kappa shape index (κ2) is 5.23. The highest BCUT2D eigenvalue weighted by atomic mass is 16.5. The number of allylic oxidation sites excluding steroid dienone is 1. The van der Waals surface area contributed by atoms with Crippen molar-refractivity contribution in [2.75, 3.05) is 6.61 Å². The maximum absolute atomic E-state index is 5.38. The highest BCUT2D eigenvalue weighted by Crippen LogP contribution is 2.20. The summed E-state index contributed by atoms with van der Waals surface area (Å²) in [5, 5.41) is 0. The second-order valence-corrected chi connectivity index (χ2v) is 3.70. The summed E-state index contributed by atoms with van der Waals surface area (Å²) < 4.78 is 5.38. The van der Waals surface area contributed by atoms with Crippen LogP contribution in [0.3, 0.4) is 0 Å². The number of hydrogen-bond donors (Lipinski definition) is 0. The van der Waals surface area contributed by atoms with Crippen LogP contribution in [-0.2, 0) is 4.74 Å². The van der Waals surface area contributed by atoms with Gasteiger partial charge in [-0.1, -0.05) is 32.6 Å². The molecule has 0 bridgehead atoms. The van der Waals surface area contributed by atoms with Gasteiger partial charge in [0.25, 0.3) is 0 Å². The molecule has 0 saturated heterocycles. The summed E-state index contributed by atoms with van der Waals surface area (Å²) in [5.41, 5.74) is 0. The van der Waals surface area contributed by atoms with Crippen LogP contribution in [-0.4, -0.2) is 6.61 Å². The molecule has 0 saturated carbocycles. The van der Waals surface area contributed by atoms with Crippen LogP contribution in [0, 0.1) is 5.92 Å². The van der Waals surface area contributed by atoms with Crippen LogP contribution in [0.5, 0.6) is 0 Å². The Balaban J connectivity index is 2.01. The molecule has 1 heteroatoms. The van der Waals surface area contributed by atoms with Gasteiger partial charge in [0.2, 0.25) is 0 Å². The van der Waals surface area contributed by atoms with Gasteiger partial charge < -0.3 is 4.74 Å². The fourth-order valence-corrected chi connectivity index (χ4v) is 1.67. The van der Waals surface area contributed by atoms with Crippen molar-refractivity contribution in [1.82, 2.24) is 0 Å². The van der Waals surface area contributed by atoms with Crippen LogP contribution >= 0.6 is 0 Å². The Hall–Kier alpha value is -0.460. The smallest absolute Gasteiger partial charge is 0.0940 e. The average molecular weight is 168 g/mol. The quantitative estimate of drug-likeness (QED) is 0.571. The molecule has 70 valence electrons. The molecule has 12 heavy (non-hydrogen) atoms. The van der Waals surface area contributed by atoms with E-state index >= 15 is 0 Å². The first kappa shape index (κ1) is 9.63. The van der Waals surface area contributed by atoms with Crippen molar-refractivity contribution < 1.29 is 4.74 Å². The van der Waals surface area contributed by atoms with E-state index in [0.717, 1.165) is 12.4 Å². The largest absolute Gasteiger partial charge is 0.498 e. The predicted octanol–water partition coefficient (Wildman–Crippen LogP) is 3.51. The molecular formula is C11H20O. The normalized spacial score (nSPS) is 22.2. The van der Waals surface area contributed by atoms with Gasteiger partial charge in [0.05, 0.1) is 12.4 Å². The topological polar surface area (TPSA) is 9.23 Å². The van der Waals surface area contributed by atoms with Gasteiger partial charge in [-0.25, -0.2) is 0 Å². The van der Waals surface area contributed by atoms with Crippen molar-refractivity contribution in [3.8, 4) is 0 Å². The van der Waals surface area contributed by atoms with Crippen molar-refractivity contribution >= 4 is 0 Å². The minimum Gasteiger partial charge on any atom is -0.498 e. The van der Waals surface area contributed by atoms with Gasteiger partial charge >= 0.3 is 0 Å². The maximum atomic E-state index is 5.38. The molecule has 1 atom stereocenters. The van der Waals surface area contributed by atoms with Crippen LogP contribution in [0.25, 0.3) is 0 Å². The lowest BCUT2D eigenvalue weighted by Gasteiger charge is -2.04. The maximum Gasteiger partial charge on any atom is 0.0940 e. The first-order chi connectivity index (χ1) is 5.83. The van der Waals surface area contributed by atoms with Gasteiger partial charge in [0, 0.05) is 5.92 Å². The Morgan fingerprint density at radius 2 is 2.25 bits per heavy atom. The molecule has 1 rings (SSSR count). The molecule has 0 amide bonds. The van der Waals surface area contributed by atoms with E-state index in [1.54, 1.807) is 0 Å². The molecule has 0 aliphatic carbocycles. The monoisotopic (exact) mass is 168 g/mol. The summed E-state index contributed by atoms with van der Waals surface area (Å²) in [5.74, 6) is 1.83. The van der Waals surface area contributed by atoms with Crippen molar-refractivity contribution in [2.45, 2.75) is 46.0 Å². The van der Waals surface area contributed by atoms with Gasteiger partial charge in [-0.3, -0.25) is 0 Å². The molecule has 0 fully saturated rings. The first-order valence-corrected chi connectivity index (χ1v) is 5.14. The Bertz CT molecular complexity index is 149. The SMILES string of the molecule is CCCCCCC1C=C(C)OC1. The molecule has 0 aromatic heterocycles. The summed E-state index contributed by atoms with van der Waals surface area (Å²) in [7, 11) is 0. The Morgan fingerprint density at radius 1 is 1.42 bits per heavy atom. The van der Waals surface area contributed by atoms with E-state index in [2.05, 4.69) is 13.0 Å². The fourth-order valence-electron chi connectivity index (χ4n) is 1.67. The van der Waals surface area contributed by atoms with Crippen LogP contribution in [0.2, 0.25) is 0 Å². The van der Waals surface area contributed by atoms with Gasteiger partial charge in [-0.2, -0.15) is 0 Å². The van der Waals surface area contributed by atoms with E-state index in [-0.39, 0.29) is 0 Å². The third kappa shape index (κ3) is 3.29. The zero-order valence-electron chi connectivity index (χ0n) is 8.31. The lowest BCUT2D eigenvalue weighted by Crippen LogP contribution is -1.98. The van der Waals surface area contributed by atoms with Crippen LogP contribution in [0.15, 0.2) is 11.8 Å². The molecular weight excluding hydrogens is 148 g/mol. The van der Waals surface area contributed by atoms with E-state index in [4.69, 9.17) is 4.74 Å². The van der Waals surface area contributed by atoms with Crippen LogP contribution in [0.4, 0.5) is 0 Å². The van der Waals surface area contributed by atoms with Gasteiger partial charge in [0.15, 0.2) is 0 Å². The van der Waals surface area contributed by atoms with E-state index in [1.807, 2.05) is 6.92 Å². The summed E-state index contributed by atoms with van der Waals surface area (Å²) in [4.78, 5) is 0. The minimum atomic E-state index is 0.710. The zero-order chi connectivity index (χ0) is 8.81. The van der Waals surface area contributed by atoms with E-state index < -0.39 is 0 Å². The molecule has 1 unspecified atom stereocenters. The second-order valence-electron chi connectivity index (χ2n) is 3.70. The molecule has 0 spiro atoms. The lowest BCUT2D eigenvalue weighted by atomic mass is 10.0. The molecule has 1 heterocycles. The van der Waals surface area contributed by atoms with Gasteiger partial charge in [-0.05, 0) is 19.4 Å². The van der Waals surface area contributed by atoms with Crippen molar-refractivity contribution in [3.63, 3.8) is 0 Å². The molecule has 0 radical (unpaired) electrons. The Labute approximate surface area is 75.8 Å². The summed E-state index contributed by atoms with van der Waals surface area (Å²) >= 11 is 0. The standard InChI is InChI=1S/C11H20O/c1-3-4-5-6-7-11-8-10(2)12-9-11/h8,11H,3-7,9H2,1-2H3. The third-order valence-corrected chi connectivity index (χ3v) is 2.42. The average Bonchev–Trinajstić information content (AvgIpc) is 2.45. The Morgan fingerprint density at radius 3 is 2.83 bits per heavy atom. The fraction of sp³-hybridized carbons (Fsp3) is 0.818. The van der Waals surface area contributed by atoms with E-state index in [9.17, 15) is 0 Å². The highest BCUT2D eigenvalue weighted by Gasteiger charge is 2.12. The minimum absolute atomic E-state index is 0.710. The van der Waals surface area contributed by atoms with Crippen LogP contribution in [0.1, 0.15) is 46.0 Å². The molecule has 0 aromatic carbocycles. The predicted molar refractivity (Wildman–Crippen MR) is 52.0 cm³/mol. The van der Waals surface area contributed by atoms with Gasteiger partial charge in [-0.15, -0.1) is 0 Å².